The molecule has 122 valence electrons. The molecule has 0 aliphatic heterocycles. The first-order valence-corrected chi connectivity index (χ1v) is 7.05. The number of hydrogen-bond donors (Lipinski definition) is 1. The first-order chi connectivity index (χ1) is 11.2. The number of amides is 1. The van der Waals surface area contributed by atoms with Crippen molar-refractivity contribution >= 4 is 5.91 Å². The molecule has 23 heavy (non-hydrogen) atoms. The molecule has 0 aliphatic carbocycles. The fourth-order valence-electron chi connectivity index (χ4n) is 1.80. The Labute approximate surface area is 134 Å². The highest BCUT2D eigenvalue weighted by atomic mass is 16.7. The van der Waals surface area contributed by atoms with Crippen LogP contribution >= 0.6 is 0 Å². The summed E-state index contributed by atoms with van der Waals surface area (Å²) in [7, 11) is 3.00. The van der Waals surface area contributed by atoms with Crippen molar-refractivity contribution in [2.75, 3.05) is 20.8 Å². The zero-order valence-electron chi connectivity index (χ0n) is 13.1. The number of aromatic nitrogens is 2. The number of methoxy groups -OCH3 is 2. The molecular formula is C16H19N3O4. The fourth-order valence-corrected chi connectivity index (χ4v) is 1.80. The van der Waals surface area contributed by atoms with Crippen molar-refractivity contribution in [3.8, 4) is 5.88 Å². The highest BCUT2D eigenvalue weighted by molar-refractivity contribution is 5.92. The molecule has 1 aromatic carbocycles. The molecule has 0 radical (unpaired) electrons. The van der Waals surface area contributed by atoms with E-state index in [1.165, 1.54) is 26.6 Å². The normalized spacial score (nSPS) is 10.6. The van der Waals surface area contributed by atoms with Crippen LogP contribution in [0.2, 0.25) is 0 Å². The van der Waals surface area contributed by atoms with Crippen molar-refractivity contribution in [2.24, 2.45) is 0 Å². The number of ether oxygens (including phenoxy) is 3. The summed E-state index contributed by atoms with van der Waals surface area (Å²) < 4.78 is 15.6. The maximum atomic E-state index is 12.0. The van der Waals surface area contributed by atoms with Gasteiger partial charge in [-0.25, -0.2) is 9.97 Å². The molecule has 1 N–H and O–H groups in total. The molecule has 1 amide bonds. The SMILES string of the molecule is COC(CNC(=O)c1cc(OCc2ccccc2)ncn1)OC. The van der Waals surface area contributed by atoms with Gasteiger partial charge < -0.3 is 19.5 Å². The summed E-state index contributed by atoms with van der Waals surface area (Å²) in [5, 5.41) is 2.67. The Morgan fingerprint density at radius 2 is 1.91 bits per heavy atom. The lowest BCUT2D eigenvalue weighted by Gasteiger charge is -2.13. The van der Waals surface area contributed by atoms with E-state index in [4.69, 9.17) is 14.2 Å². The Hall–Kier alpha value is -2.51. The van der Waals surface area contributed by atoms with Crippen LogP contribution in [0.25, 0.3) is 0 Å². The molecule has 0 spiro atoms. The topological polar surface area (TPSA) is 82.6 Å². The van der Waals surface area contributed by atoms with E-state index in [1.54, 1.807) is 0 Å². The molecule has 0 bridgehead atoms. The smallest absolute Gasteiger partial charge is 0.270 e. The average molecular weight is 317 g/mol. The van der Waals surface area contributed by atoms with E-state index in [0.29, 0.717) is 12.5 Å². The molecule has 7 nitrogen and oxygen atoms in total. The highest BCUT2D eigenvalue weighted by Gasteiger charge is 2.12. The van der Waals surface area contributed by atoms with Crippen LogP contribution in [0.15, 0.2) is 42.7 Å². The van der Waals surface area contributed by atoms with Gasteiger partial charge in [-0.1, -0.05) is 30.3 Å². The van der Waals surface area contributed by atoms with Crippen LogP contribution in [-0.2, 0) is 16.1 Å². The van der Waals surface area contributed by atoms with Gasteiger partial charge in [-0.05, 0) is 5.56 Å². The van der Waals surface area contributed by atoms with Gasteiger partial charge in [0, 0.05) is 20.3 Å². The van der Waals surface area contributed by atoms with Crippen molar-refractivity contribution in [1.82, 2.24) is 15.3 Å². The first-order valence-electron chi connectivity index (χ1n) is 7.05. The lowest BCUT2D eigenvalue weighted by molar-refractivity contribution is -0.0974. The van der Waals surface area contributed by atoms with Gasteiger partial charge in [-0.15, -0.1) is 0 Å². The summed E-state index contributed by atoms with van der Waals surface area (Å²) in [6.45, 7) is 0.588. The molecule has 0 atom stereocenters. The molecule has 0 saturated heterocycles. The number of nitrogens with zero attached hydrogens (tertiary/aromatic N) is 2. The fraction of sp³-hybridized carbons (Fsp3) is 0.312. The summed E-state index contributed by atoms with van der Waals surface area (Å²) in [6, 6.07) is 11.2. The summed E-state index contributed by atoms with van der Waals surface area (Å²) in [4.78, 5) is 20.0. The molecule has 0 aliphatic rings. The van der Waals surface area contributed by atoms with Crippen molar-refractivity contribution < 1.29 is 19.0 Å². The minimum atomic E-state index is -0.505. The molecule has 0 unspecified atom stereocenters. The second-order valence-electron chi connectivity index (χ2n) is 4.63. The van der Waals surface area contributed by atoms with E-state index in [1.807, 2.05) is 30.3 Å². The van der Waals surface area contributed by atoms with Crippen molar-refractivity contribution in [2.45, 2.75) is 12.9 Å². The Morgan fingerprint density at radius 1 is 1.17 bits per heavy atom. The first kappa shape index (κ1) is 16.9. The second kappa shape index (κ2) is 8.82. The van der Waals surface area contributed by atoms with Gasteiger partial charge >= 0.3 is 0 Å². The summed E-state index contributed by atoms with van der Waals surface area (Å²) in [5.41, 5.74) is 1.23. The zero-order valence-corrected chi connectivity index (χ0v) is 13.1. The summed E-state index contributed by atoms with van der Waals surface area (Å²) >= 11 is 0. The number of nitrogens with one attached hydrogen (secondary N) is 1. The van der Waals surface area contributed by atoms with E-state index in [0.717, 1.165) is 5.56 Å². The Balaban J connectivity index is 1.92. The van der Waals surface area contributed by atoms with Gasteiger partial charge in [0.05, 0.1) is 6.54 Å². The molecule has 2 aromatic rings. The van der Waals surface area contributed by atoms with Crippen LogP contribution in [0.3, 0.4) is 0 Å². The molecule has 0 saturated carbocycles. The molecule has 1 heterocycles. The van der Waals surface area contributed by atoms with E-state index in [2.05, 4.69) is 15.3 Å². The third kappa shape index (κ3) is 5.32. The zero-order chi connectivity index (χ0) is 16.5. The third-order valence-electron chi connectivity index (χ3n) is 3.06. The Morgan fingerprint density at radius 3 is 2.61 bits per heavy atom. The van der Waals surface area contributed by atoms with Crippen LogP contribution in [-0.4, -0.2) is 42.9 Å². The maximum Gasteiger partial charge on any atom is 0.270 e. The molecule has 1 aromatic heterocycles. The Kier molecular flexibility index (Phi) is 6.46. The van der Waals surface area contributed by atoms with Crippen LogP contribution in [0.4, 0.5) is 0 Å². The van der Waals surface area contributed by atoms with Gasteiger partial charge in [0.2, 0.25) is 5.88 Å². The van der Waals surface area contributed by atoms with Crippen molar-refractivity contribution in [1.29, 1.82) is 0 Å². The van der Waals surface area contributed by atoms with Gasteiger partial charge in [0.1, 0.15) is 18.6 Å². The van der Waals surface area contributed by atoms with Gasteiger partial charge in [-0.3, -0.25) is 4.79 Å². The van der Waals surface area contributed by atoms with Gasteiger partial charge in [0.25, 0.3) is 5.91 Å². The largest absolute Gasteiger partial charge is 0.473 e. The van der Waals surface area contributed by atoms with Crippen LogP contribution < -0.4 is 10.1 Å². The van der Waals surface area contributed by atoms with Crippen LogP contribution in [0.1, 0.15) is 16.1 Å². The van der Waals surface area contributed by atoms with E-state index < -0.39 is 6.29 Å². The summed E-state index contributed by atoms with van der Waals surface area (Å²) in [6.07, 6.45) is 0.786. The lowest BCUT2D eigenvalue weighted by Crippen LogP contribution is -2.34. The molecular weight excluding hydrogens is 298 g/mol. The lowest BCUT2D eigenvalue weighted by atomic mass is 10.2. The number of carbonyl (C=O) groups excluding carboxylic acids is 1. The van der Waals surface area contributed by atoms with Crippen molar-refractivity contribution in [3.63, 3.8) is 0 Å². The number of benzene rings is 1. The van der Waals surface area contributed by atoms with E-state index >= 15 is 0 Å². The van der Waals surface area contributed by atoms with Gasteiger partial charge in [0.15, 0.2) is 6.29 Å². The van der Waals surface area contributed by atoms with Gasteiger partial charge in [-0.2, -0.15) is 0 Å². The number of hydrogen-bond acceptors (Lipinski definition) is 6. The second-order valence-corrected chi connectivity index (χ2v) is 4.63. The number of rotatable bonds is 8. The number of carbonyl (C=O) groups is 1. The third-order valence-corrected chi connectivity index (χ3v) is 3.06. The average Bonchev–Trinajstić information content (AvgIpc) is 2.62. The molecule has 2 rings (SSSR count). The van der Waals surface area contributed by atoms with Crippen LogP contribution in [0.5, 0.6) is 5.88 Å². The highest BCUT2D eigenvalue weighted by Crippen LogP contribution is 2.10. The maximum absolute atomic E-state index is 12.0. The minimum Gasteiger partial charge on any atom is -0.473 e. The van der Waals surface area contributed by atoms with E-state index in [-0.39, 0.29) is 18.1 Å². The predicted octanol–water partition coefficient (Wildman–Crippen LogP) is 1.40. The molecule has 7 heteroatoms. The monoisotopic (exact) mass is 317 g/mol. The Bertz CT molecular complexity index is 618. The van der Waals surface area contributed by atoms with Crippen LogP contribution in [0, 0.1) is 0 Å². The quantitative estimate of drug-likeness (QED) is 0.741. The summed E-state index contributed by atoms with van der Waals surface area (Å²) in [5.74, 6) is -0.0138. The standard InChI is InChI=1S/C16H19N3O4/c1-21-15(22-2)9-17-16(20)13-8-14(19-11-18-13)23-10-12-6-4-3-5-7-12/h3-8,11,15H,9-10H2,1-2H3,(H,17,20). The van der Waals surface area contributed by atoms with E-state index in [9.17, 15) is 4.79 Å². The molecule has 0 fully saturated rings. The minimum absolute atomic E-state index is 0.217. The van der Waals surface area contributed by atoms with Crippen molar-refractivity contribution in [3.05, 3.63) is 54.0 Å². The predicted molar refractivity (Wildman–Crippen MR) is 82.9 cm³/mol.